The molecule has 0 N–H and O–H groups in total. The lowest BCUT2D eigenvalue weighted by Crippen LogP contribution is -2.31. The Kier molecular flexibility index (Phi) is 4.89. The van der Waals surface area contributed by atoms with Gasteiger partial charge < -0.3 is 14.2 Å². The van der Waals surface area contributed by atoms with Gasteiger partial charge in [0.15, 0.2) is 6.20 Å². The quantitative estimate of drug-likeness (QED) is 0.663. The van der Waals surface area contributed by atoms with Crippen molar-refractivity contribution < 1.29 is 18.8 Å². The van der Waals surface area contributed by atoms with E-state index in [9.17, 15) is 0 Å². The van der Waals surface area contributed by atoms with Crippen LogP contribution in [0, 0.1) is 0 Å². The van der Waals surface area contributed by atoms with Crippen molar-refractivity contribution in [2.75, 3.05) is 21.3 Å². The van der Waals surface area contributed by atoms with E-state index < -0.39 is 0 Å². The van der Waals surface area contributed by atoms with Crippen LogP contribution < -0.4 is 18.8 Å². The lowest BCUT2D eigenvalue weighted by Gasteiger charge is -2.12. The van der Waals surface area contributed by atoms with Crippen molar-refractivity contribution in [3.8, 4) is 17.2 Å². The van der Waals surface area contributed by atoms with Crippen molar-refractivity contribution in [3.63, 3.8) is 0 Å². The van der Waals surface area contributed by atoms with Crippen LogP contribution in [-0.4, -0.2) is 21.3 Å². The normalized spacial score (nSPS) is 11.0. The Morgan fingerprint density at radius 2 is 1.52 bits per heavy atom. The molecule has 128 valence electrons. The van der Waals surface area contributed by atoms with E-state index in [1.54, 1.807) is 21.3 Å². The fourth-order valence-electron chi connectivity index (χ4n) is 2.90. The van der Waals surface area contributed by atoms with E-state index >= 15 is 0 Å². The highest BCUT2D eigenvalue weighted by molar-refractivity contribution is 5.90. The molecule has 0 aliphatic heterocycles. The summed E-state index contributed by atoms with van der Waals surface area (Å²) in [6.45, 7) is 0. The van der Waals surface area contributed by atoms with Crippen LogP contribution >= 0.6 is 0 Å². The summed E-state index contributed by atoms with van der Waals surface area (Å²) < 4.78 is 18.4. The Labute approximate surface area is 147 Å². The molecule has 0 saturated heterocycles. The molecule has 0 aliphatic carbocycles. The molecule has 0 bridgehead atoms. The Hall–Kier alpha value is -3.01. The highest BCUT2D eigenvalue weighted by Gasteiger charge is 2.13. The summed E-state index contributed by atoms with van der Waals surface area (Å²) in [6, 6.07) is 14.1. The maximum absolute atomic E-state index is 5.52. The molecule has 1 heterocycles. The van der Waals surface area contributed by atoms with E-state index in [-0.39, 0.29) is 0 Å². The average molecular weight is 336 g/mol. The minimum atomic E-state index is 0.696. The number of benzene rings is 2. The number of nitrogens with zero attached hydrogens (tertiary/aromatic N) is 1. The molecular formula is C21H22NO3+. The van der Waals surface area contributed by atoms with Gasteiger partial charge in [0.1, 0.15) is 24.3 Å². The lowest BCUT2D eigenvalue weighted by atomic mass is 10.1. The predicted molar refractivity (Wildman–Crippen MR) is 100 cm³/mol. The van der Waals surface area contributed by atoms with Crippen molar-refractivity contribution in [1.29, 1.82) is 0 Å². The third-order valence-corrected chi connectivity index (χ3v) is 4.26. The zero-order valence-electron chi connectivity index (χ0n) is 14.9. The third kappa shape index (κ3) is 3.29. The number of fused-ring (bicyclic) bond motifs is 1. The molecule has 0 aliphatic rings. The van der Waals surface area contributed by atoms with E-state index in [1.165, 1.54) is 10.8 Å². The molecule has 3 aromatic rings. The van der Waals surface area contributed by atoms with Crippen LogP contribution in [0.1, 0.15) is 11.3 Å². The number of aromatic nitrogens is 1. The summed E-state index contributed by atoms with van der Waals surface area (Å²) in [6.07, 6.45) is 6.15. The van der Waals surface area contributed by atoms with Crippen LogP contribution in [0.15, 0.2) is 48.7 Å². The maximum atomic E-state index is 5.52. The fraction of sp³-hybridized carbons (Fsp3) is 0.190. The van der Waals surface area contributed by atoms with Crippen molar-refractivity contribution in [2.45, 2.75) is 0 Å². The van der Waals surface area contributed by atoms with Gasteiger partial charge in [-0.1, -0.05) is 18.2 Å². The van der Waals surface area contributed by atoms with Gasteiger partial charge in [-0.25, -0.2) is 4.57 Å². The Balaban J connectivity index is 2.13. The van der Waals surface area contributed by atoms with E-state index in [1.807, 2.05) is 37.4 Å². The molecule has 0 fully saturated rings. The molecule has 2 aromatic carbocycles. The van der Waals surface area contributed by atoms with Gasteiger partial charge in [0, 0.05) is 24.3 Å². The zero-order valence-corrected chi connectivity index (χ0v) is 14.9. The standard InChI is InChI=1S/C21H22NO3/c1-22-12-11-15-7-5-6-8-17(15)19(22)10-9-18-20(24-3)13-16(23-2)14-21(18)25-4/h5-14H,1-4H3/q+1/b10-9+. The second-order valence-electron chi connectivity index (χ2n) is 5.68. The molecule has 0 atom stereocenters. The van der Waals surface area contributed by atoms with Crippen LogP contribution in [0.25, 0.3) is 22.9 Å². The number of pyridine rings is 1. The summed E-state index contributed by atoms with van der Waals surface area (Å²) in [5.41, 5.74) is 1.98. The van der Waals surface area contributed by atoms with Gasteiger partial charge in [0.05, 0.1) is 32.3 Å². The number of hydrogen-bond donors (Lipinski definition) is 0. The number of ether oxygens (including phenoxy) is 3. The molecule has 25 heavy (non-hydrogen) atoms. The second-order valence-corrected chi connectivity index (χ2v) is 5.68. The summed E-state index contributed by atoms with van der Waals surface area (Å²) in [5, 5.41) is 2.39. The van der Waals surface area contributed by atoms with Crippen LogP contribution in [0.3, 0.4) is 0 Å². The highest BCUT2D eigenvalue weighted by Crippen LogP contribution is 2.35. The van der Waals surface area contributed by atoms with Crippen molar-refractivity contribution >= 4 is 22.9 Å². The molecule has 1 aromatic heterocycles. The number of rotatable bonds is 5. The molecular weight excluding hydrogens is 314 g/mol. The van der Waals surface area contributed by atoms with Crippen molar-refractivity contribution in [1.82, 2.24) is 0 Å². The summed E-state index contributed by atoms with van der Waals surface area (Å²) in [4.78, 5) is 0. The molecule has 0 unspecified atom stereocenters. The largest absolute Gasteiger partial charge is 0.496 e. The van der Waals surface area contributed by atoms with E-state index in [0.29, 0.717) is 17.2 Å². The van der Waals surface area contributed by atoms with Crippen molar-refractivity contribution in [2.24, 2.45) is 7.05 Å². The molecule has 4 nitrogen and oxygen atoms in total. The van der Waals surface area contributed by atoms with Crippen LogP contribution in [-0.2, 0) is 7.05 Å². The maximum Gasteiger partial charge on any atom is 0.212 e. The Morgan fingerprint density at radius 1 is 0.840 bits per heavy atom. The van der Waals surface area contributed by atoms with Gasteiger partial charge in [-0.2, -0.15) is 0 Å². The summed E-state index contributed by atoms with van der Waals surface area (Å²) in [7, 11) is 6.95. The number of methoxy groups -OCH3 is 3. The lowest BCUT2D eigenvalue weighted by molar-refractivity contribution is -0.671. The highest BCUT2D eigenvalue weighted by atomic mass is 16.5. The SMILES string of the molecule is COc1cc(OC)c(/C=C/c2c3ccccc3cc[n+]2C)c(OC)c1. The average Bonchev–Trinajstić information content (AvgIpc) is 2.66. The topological polar surface area (TPSA) is 31.6 Å². The van der Waals surface area contributed by atoms with Gasteiger partial charge >= 0.3 is 0 Å². The van der Waals surface area contributed by atoms with Crippen molar-refractivity contribution in [3.05, 3.63) is 59.9 Å². The van der Waals surface area contributed by atoms with Crippen LogP contribution in [0.5, 0.6) is 17.2 Å². The van der Waals surface area contributed by atoms with E-state index in [0.717, 1.165) is 11.3 Å². The first-order valence-electron chi connectivity index (χ1n) is 8.03. The smallest absolute Gasteiger partial charge is 0.212 e. The van der Waals surface area contributed by atoms with Gasteiger partial charge in [-0.3, -0.25) is 0 Å². The monoisotopic (exact) mass is 336 g/mol. The Morgan fingerprint density at radius 3 is 2.16 bits per heavy atom. The van der Waals surface area contributed by atoms with Gasteiger partial charge in [-0.05, 0) is 17.5 Å². The summed E-state index contributed by atoms with van der Waals surface area (Å²) in [5.74, 6) is 2.10. The van der Waals surface area contributed by atoms with Gasteiger partial charge in [-0.15, -0.1) is 0 Å². The molecule has 4 heteroatoms. The first kappa shape index (κ1) is 16.8. The second kappa shape index (κ2) is 7.26. The van der Waals surface area contributed by atoms with E-state index in [4.69, 9.17) is 14.2 Å². The zero-order chi connectivity index (χ0) is 17.8. The fourth-order valence-corrected chi connectivity index (χ4v) is 2.90. The third-order valence-electron chi connectivity index (χ3n) is 4.26. The van der Waals surface area contributed by atoms with Gasteiger partial charge in [0.2, 0.25) is 5.69 Å². The number of hydrogen-bond acceptors (Lipinski definition) is 3. The molecule has 0 radical (unpaired) electrons. The molecule has 3 rings (SSSR count). The van der Waals surface area contributed by atoms with Gasteiger partial charge in [0.25, 0.3) is 0 Å². The predicted octanol–water partition coefficient (Wildman–Crippen LogP) is 3.86. The minimum Gasteiger partial charge on any atom is -0.496 e. The van der Waals surface area contributed by atoms with E-state index in [2.05, 4.69) is 35.0 Å². The Bertz CT molecular complexity index is 907. The first-order chi connectivity index (χ1) is 12.2. The summed E-state index contributed by atoms with van der Waals surface area (Å²) >= 11 is 0. The number of aryl methyl sites for hydroxylation is 1. The van der Waals surface area contributed by atoms with Crippen LogP contribution in [0.4, 0.5) is 0 Å². The molecule has 0 saturated carbocycles. The first-order valence-corrected chi connectivity index (χ1v) is 8.03. The molecule has 0 spiro atoms. The minimum absolute atomic E-state index is 0.696. The van der Waals surface area contributed by atoms with Crippen LogP contribution in [0.2, 0.25) is 0 Å². The molecule has 0 amide bonds.